The first-order valence-corrected chi connectivity index (χ1v) is 16.5. The minimum atomic E-state index is -4.44. The molecule has 5 atom stereocenters. The summed E-state index contributed by atoms with van der Waals surface area (Å²) in [5.74, 6) is -3.93. The molecule has 0 spiro atoms. The number of amides is 2. The van der Waals surface area contributed by atoms with Crippen LogP contribution in [0.3, 0.4) is 0 Å². The molecular formula is C32H36F5N9O2. The van der Waals surface area contributed by atoms with Crippen molar-refractivity contribution in [3.8, 4) is 6.07 Å². The smallest absolute Gasteiger partial charge is 0.349 e. The van der Waals surface area contributed by atoms with Gasteiger partial charge in [0.25, 0.3) is 5.91 Å². The number of rotatable bonds is 11. The molecule has 4 aliphatic rings. The van der Waals surface area contributed by atoms with E-state index >= 15 is 0 Å². The molecule has 3 aromatic rings. The number of carbonyl (C=O) groups excluding carboxylic acids is 2. The van der Waals surface area contributed by atoms with E-state index in [1.807, 2.05) is 0 Å². The highest BCUT2D eigenvalue weighted by Gasteiger charge is 2.60. The number of alkyl halides is 5. The zero-order valence-corrected chi connectivity index (χ0v) is 26.1. The molecule has 2 amide bonds. The third kappa shape index (κ3) is 6.47. The summed E-state index contributed by atoms with van der Waals surface area (Å²) in [4.78, 5) is 30.9. The average Bonchev–Trinajstić information content (AvgIpc) is 3.61. The summed E-state index contributed by atoms with van der Waals surface area (Å²) in [7, 11) is 0. The van der Waals surface area contributed by atoms with Crippen molar-refractivity contribution < 1.29 is 31.5 Å². The fourth-order valence-electron chi connectivity index (χ4n) is 7.94. The Morgan fingerprint density at radius 1 is 1.04 bits per heavy atom. The van der Waals surface area contributed by atoms with Crippen molar-refractivity contribution in [2.45, 2.75) is 101 Å². The number of aromatic nitrogens is 6. The minimum absolute atomic E-state index is 0.0164. The second-order valence-corrected chi connectivity index (χ2v) is 14.1. The molecular weight excluding hydrogens is 637 g/mol. The number of nitrogens with one attached hydrogen (secondary N) is 2. The molecule has 2 N–H and O–H groups in total. The number of halogens is 5. The maximum absolute atomic E-state index is 14.2. The van der Waals surface area contributed by atoms with E-state index in [0.29, 0.717) is 23.4 Å². The Morgan fingerprint density at radius 2 is 1.79 bits per heavy atom. The SMILES string of the molecule is N#CC1CC2(Cn3nncc3C(=O)N[C@H](c3cn4ncc([C@H](NC(=O)CCC(F)(F)F)C5CC5)cc4n3)C3CCC(F)(F)CC3)CCC12. The van der Waals surface area contributed by atoms with Crippen molar-refractivity contribution in [1.82, 2.24) is 40.2 Å². The van der Waals surface area contributed by atoms with Gasteiger partial charge in [-0.25, -0.2) is 23.0 Å². The number of hydrogen-bond acceptors (Lipinski definition) is 7. The molecule has 0 radical (unpaired) electrons. The van der Waals surface area contributed by atoms with Gasteiger partial charge in [0.05, 0.1) is 54.8 Å². The zero-order valence-electron chi connectivity index (χ0n) is 26.1. The summed E-state index contributed by atoms with van der Waals surface area (Å²) in [6.07, 6.45) is 2.20. The van der Waals surface area contributed by atoms with E-state index in [2.05, 4.69) is 32.1 Å². The summed E-state index contributed by atoms with van der Waals surface area (Å²) < 4.78 is 69.5. The van der Waals surface area contributed by atoms with Crippen LogP contribution in [0.4, 0.5) is 22.0 Å². The topological polar surface area (TPSA) is 143 Å². The Morgan fingerprint density at radius 3 is 2.44 bits per heavy atom. The van der Waals surface area contributed by atoms with Crippen molar-refractivity contribution in [3.63, 3.8) is 0 Å². The van der Waals surface area contributed by atoms with Crippen LogP contribution >= 0.6 is 0 Å². The fourth-order valence-corrected chi connectivity index (χ4v) is 7.94. The molecule has 256 valence electrons. The summed E-state index contributed by atoms with van der Waals surface area (Å²) in [5.41, 5.74) is 1.57. The van der Waals surface area contributed by atoms with Gasteiger partial charge in [-0.1, -0.05) is 5.21 Å². The van der Waals surface area contributed by atoms with E-state index in [1.54, 1.807) is 16.9 Å². The van der Waals surface area contributed by atoms with Crippen molar-refractivity contribution in [2.24, 2.45) is 29.1 Å². The predicted molar refractivity (Wildman–Crippen MR) is 158 cm³/mol. The molecule has 0 saturated heterocycles. The highest BCUT2D eigenvalue weighted by atomic mass is 19.4. The van der Waals surface area contributed by atoms with Crippen LogP contribution in [0.2, 0.25) is 0 Å². The maximum atomic E-state index is 14.2. The highest BCUT2D eigenvalue weighted by Crippen LogP contribution is 2.64. The van der Waals surface area contributed by atoms with E-state index in [9.17, 15) is 36.8 Å². The van der Waals surface area contributed by atoms with Crippen molar-refractivity contribution in [2.75, 3.05) is 0 Å². The summed E-state index contributed by atoms with van der Waals surface area (Å²) in [5, 5.41) is 27.8. The number of carbonyl (C=O) groups is 2. The molecule has 4 saturated carbocycles. The van der Waals surface area contributed by atoms with Gasteiger partial charge in [-0.05, 0) is 79.7 Å². The number of nitrogens with zero attached hydrogens (tertiary/aromatic N) is 7. The molecule has 48 heavy (non-hydrogen) atoms. The van der Waals surface area contributed by atoms with E-state index in [4.69, 9.17) is 4.98 Å². The molecule has 3 aromatic heterocycles. The first kappa shape index (κ1) is 32.4. The molecule has 0 bridgehead atoms. The maximum Gasteiger partial charge on any atom is 0.389 e. The molecule has 3 heterocycles. The van der Waals surface area contributed by atoms with Gasteiger partial charge >= 0.3 is 6.18 Å². The number of nitriles is 1. The Kier molecular flexibility index (Phi) is 8.14. The van der Waals surface area contributed by atoms with Crippen molar-refractivity contribution in [3.05, 3.63) is 41.6 Å². The van der Waals surface area contributed by atoms with Crippen LogP contribution in [0, 0.1) is 40.4 Å². The number of fused-ring (bicyclic) bond motifs is 2. The predicted octanol–water partition coefficient (Wildman–Crippen LogP) is 5.47. The lowest BCUT2D eigenvalue weighted by molar-refractivity contribution is -0.144. The molecule has 4 fully saturated rings. The third-order valence-corrected chi connectivity index (χ3v) is 10.9. The van der Waals surface area contributed by atoms with E-state index < -0.39 is 48.8 Å². The first-order valence-electron chi connectivity index (χ1n) is 16.5. The molecule has 0 aliphatic heterocycles. The van der Waals surface area contributed by atoms with Crippen LogP contribution in [-0.2, 0) is 11.3 Å². The lowest BCUT2D eigenvalue weighted by Gasteiger charge is -2.61. The lowest BCUT2D eigenvalue weighted by Crippen LogP contribution is -2.57. The van der Waals surface area contributed by atoms with Gasteiger partial charge in [0.15, 0.2) is 5.65 Å². The molecule has 11 nitrogen and oxygen atoms in total. The fraction of sp³-hybridized carbons (Fsp3) is 0.656. The summed E-state index contributed by atoms with van der Waals surface area (Å²) in [6.45, 7) is 0.467. The Balaban J connectivity index is 1.12. The normalized spacial score (nSPS) is 26.4. The van der Waals surface area contributed by atoms with Crippen LogP contribution in [0.5, 0.6) is 0 Å². The van der Waals surface area contributed by atoms with Crippen LogP contribution in [0.1, 0.15) is 104 Å². The second-order valence-electron chi connectivity index (χ2n) is 14.1. The first-order chi connectivity index (χ1) is 22.8. The van der Waals surface area contributed by atoms with Gasteiger partial charge in [0.2, 0.25) is 11.8 Å². The molecule has 7 rings (SSSR count). The third-order valence-electron chi connectivity index (χ3n) is 10.9. The minimum Gasteiger partial charge on any atom is -0.349 e. The van der Waals surface area contributed by atoms with Crippen LogP contribution < -0.4 is 10.6 Å². The van der Waals surface area contributed by atoms with Gasteiger partial charge in [-0.15, -0.1) is 5.10 Å². The van der Waals surface area contributed by atoms with E-state index in [0.717, 1.165) is 32.1 Å². The van der Waals surface area contributed by atoms with Crippen molar-refractivity contribution >= 4 is 17.5 Å². The van der Waals surface area contributed by atoms with Crippen LogP contribution in [0.15, 0.2) is 24.7 Å². The highest BCUT2D eigenvalue weighted by molar-refractivity contribution is 5.92. The average molecular weight is 674 g/mol. The van der Waals surface area contributed by atoms with E-state index in [-0.39, 0.29) is 60.5 Å². The monoisotopic (exact) mass is 673 g/mol. The molecule has 0 aromatic carbocycles. The van der Waals surface area contributed by atoms with Gasteiger partial charge in [0.1, 0.15) is 5.69 Å². The van der Waals surface area contributed by atoms with Gasteiger partial charge in [-0.3, -0.25) is 9.59 Å². The Bertz CT molecular complexity index is 1730. The Hall–Kier alpha value is -4.16. The van der Waals surface area contributed by atoms with Crippen LogP contribution in [0.25, 0.3) is 5.65 Å². The Labute approximate surface area is 272 Å². The molecule has 3 unspecified atom stereocenters. The zero-order chi connectivity index (χ0) is 33.8. The number of imidazole rings is 1. The van der Waals surface area contributed by atoms with Crippen LogP contribution in [-0.4, -0.2) is 53.5 Å². The van der Waals surface area contributed by atoms with Gasteiger partial charge in [0, 0.05) is 25.8 Å². The second kappa shape index (κ2) is 12.1. The number of hydrogen-bond donors (Lipinski definition) is 2. The van der Waals surface area contributed by atoms with Crippen molar-refractivity contribution in [1.29, 1.82) is 5.26 Å². The largest absolute Gasteiger partial charge is 0.389 e. The quantitative estimate of drug-likeness (QED) is 0.257. The summed E-state index contributed by atoms with van der Waals surface area (Å²) >= 11 is 0. The standard InChI is InChI=1S/C32H36F5N9O2/c33-31(34)8-3-19(4-9-31)28(43-29(48)24-15-39-44-46(24)17-30-7-5-22(30)21(12-30)13-38)23-16-45-25(41-23)11-20(14-40-45)27(18-1-2-18)42-26(47)6-10-32(35,36)37/h11,14-16,18-19,21-22,27-28H,1-10,12,17H2,(H,42,47)(H,43,48)/t21?,22?,27-,28+,30?/m1/s1. The molecule has 4 aliphatic carbocycles. The molecule has 16 heteroatoms. The van der Waals surface area contributed by atoms with Gasteiger partial charge in [-0.2, -0.15) is 23.5 Å². The summed E-state index contributed by atoms with van der Waals surface area (Å²) in [6, 6.07) is 2.81. The van der Waals surface area contributed by atoms with E-state index in [1.165, 1.54) is 16.9 Å². The van der Waals surface area contributed by atoms with Gasteiger partial charge < -0.3 is 10.6 Å². The lowest BCUT2D eigenvalue weighted by atomic mass is 9.43.